The summed E-state index contributed by atoms with van der Waals surface area (Å²) < 4.78 is 2.06. The highest BCUT2D eigenvalue weighted by atomic mass is 79.9. The zero-order valence-corrected chi connectivity index (χ0v) is 15.8. The SMILES string of the molecule is C=CCc1cccc(/C=N\n2cnc3c([nH]c4ccc(Br)cc43)c2=O)c1O. The smallest absolute Gasteiger partial charge is 0.298 e. The minimum absolute atomic E-state index is 0.124. The number of nitrogens with zero attached hydrogens (tertiary/aromatic N) is 3. The van der Waals surface area contributed by atoms with Gasteiger partial charge >= 0.3 is 0 Å². The minimum Gasteiger partial charge on any atom is -0.507 e. The van der Waals surface area contributed by atoms with Crippen molar-refractivity contribution in [2.45, 2.75) is 6.42 Å². The van der Waals surface area contributed by atoms with Crippen LogP contribution in [0.5, 0.6) is 5.75 Å². The molecule has 27 heavy (non-hydrogen) atoms. The van der Waals surface area contributed by atoms with Crippen LogP contribution < -0.4 is 5.56 Å². The quantitative estimate of drug-likeness (QED) is 0.385. The maximum absolute atomic E-state index is 12.7. The molecule has 7 heteroatoms. The molecule has 4 rings (SSSR count). The van der Waals surface area contributed by atoms with E-state index in [0.717, 1.165) is 25.6 Å². The van der Waals surface area contributed by atoms with Gasteiger partial charge in [-0.05, 0) is 36.2 Å². The summed E-state index contributed by atoms with van der Waals surface area (Å²) in [5.41, 5.74) is 2.75. The first kappa shape index (κ1) is 17.2. The summed E-state index contributed by atoms with van der Waals surface area (Å²) >= 11 is 3.43. The van der Waals surface area contributed by atoms with Crippen molar-refractivity contribution in [2.24, 2.45) is 5.10 Å². The number of aromatic amines is 1. The molecule has 0 aliphatic carbocycles. The number of para-hydroxylation sites is 1. The van der Waals surface area contributed by atoms with Crippen molar-refractivity contribution in [3.8, 4) is 5.75 Å². The summed E-state index contributed by atoms with van der Waals surface area (Å²) in [5.74, 6) is 0.124. The van der Waals surface area contributed by atoms with Crippen LogP contribution in [0.15, 0.2) is 69.7 Å². The van der Waals surface area contributed by atoms with E-state index in [-0.39, 0.29) is 11.3 Å². The van der Waals surface area contributed by atoms with E-state index in [1.807, 2.05) is 30.3 Å². The molecular formula is C20H15BrN4O2. The Kier molecular flexibility index (Phi) is 4.37. The minimum atomic E-state index is -0.315. The molecular weight excluding hydrogens is 408 g/mol. The van der Waals surface area contributed by atoms with E-state index in [1.54, 1.807) is 12.1 Å². The average Bonchev–Trinajstić information content (AvgIpc) is 3.03. The molecule has 134 valence electrons. The highest BCUT2D eigenvalue weighted by molar-refractivity contribution is 9.10. The maximum Gasteiger partial charge on any atom is 0.298 e. The number of aromatic hydroxyl groups is 1. The van der Waals surface area contributed by atoms with Gasteiger partial charge in [0.1, 0.15) is 23.1 Å². The number of nitrogens with one attached hydrogen (secondary N) is 1. The molecule has 0 aliphatic heterocycles. The summed E-state index contributed by atoms with van der Waals surface area (Å²) in [5, 5.41) is 15.3. The average molecular weight is 423 g/mol. The van der Waals surface area contributed by atoms with Crippen molar-refractivity contribution in [2.75, 3.05) is 0 Å². The summed E-state index contributed by atoms with van der Waals surface area (Å²) in [6, 6.07) is 11.1. The lowest BCUT2D eigenvalue weighted by Gasteiger charge is -2.04. The van der Waals surface area contributed by atoms with E-state index in [2.05, 4.69) is 37.6 Å². The van der Waals surface area contributed by atoms with E-state index in [1.165, 1.54) is 12.5 Å². The monoisotopic (exact) mass is 422 g/mol. The number of rotatable bonds is 4. The second-order valence-corrected chi connectivity index (χ2v) is 6.94. The van der Waals surface area contributed by atoms with Crippen molar-refractivity contribution < 1.29 is 5.11 Å². The molecule has 0 saturated carbocycles. The zero-order chi connectivity index (χ0) is 19.0. The van der Waals surface area contributed by atoms with Gasteiger partial charge in [0.25, 0.3) is 5.56 Å². The zero-order valence-electron chi connectivity index (χ0n) is 14.2. The number of hydrogen-bond donors (Lipinski definition) is 2. The topological polar surface area (TPSA) is 83.3 Å². The van der Waals surface area contributed by atoms with Gasteiger partial charge in [-0.15, -0.1) is 6.58 Å². The van der Waals surface area contributed by atoms with Crippen LogP contribution in [0.2, 0.25) is 0 Å². The number of aromatic nitrogens is 3. The van der Waals surface area contributed by atoms with Gasteiger partial charge in [0.05, 0.1) is 6.21 Å². The molecule has 2 N–H and O–H groups in total. The predicted octanol–water partition coefficient (Wildman–Crippen LogP) is 3.96. The first-order valence-corrected chi connectivity index (χ1v) is 9.02. The molecule has 2 aromatic carbocycles. The Hall–Kier alpha value is -3.19. The first-order chi connectivity index (χ1) is 13.1. The van der Waals surface area contributed by atoms with Crippen molar-refractivity contribution in [3.05, 3.63) is 81.3 Å². The Morgan fingerprint density at radius 1 is 1.33 bits per heavy atom. The lowest BCUT2D eigenvalue weighted by atomic mass is 10.1. The molecule has 0 aliphatic rings. The molecule has 0 saturated heterocycles. The maximum atomic E-state index is 12.7. The van der Waals surface area contributed by atoms with Crippen LogP contribution in [0.3, 0.4) is 0 Å². The first-order valence-electron chi connectivity index (χ1n) is 8.23. The highest BCUT2D eigenvalue weighted by Crippen LogP contribution is 2.25. The summed E-state index contributed by atoms with van der Waals surface area (Å²) in [7, 11) is 0. The van der Waals surface area contributed by atoms with Crippen molar-refractivity contribution in [1.29, 1.82) is 0 Å². The lowest BCUT2D eigenvalue weighted by molar-refractivity contribution is 0.469. The second kappa shape index (κ2) is 6.85. The fourth-order valence-corrected chi connectivity index (χ4v) is 3.32. The Labute approximate surface area is 162 Å². The normalized spacial score (nSPS) is 11.6. The summed E-state index contributed by atoms with van der Waals surface area (Å²) in [6.07, 6.45) is 5.08. The molecule has 0 amide bonds. The number of fused-ring (bicyclic) bond motifs is 3. The molecule has 2 aromatic heterocycles. The molecule has 0 atom stereocenters. The molecule has 2 heterocycles. The number of H-pyrrole nitrogens is 1. The Bertz CT molecular complexity index is 1270. The van der Waals surface area contributed by atoms with Gasteiger partial charge in [0, 0.05) is 20.9 Å². The number of phenolic OH excluding ortho intramolecular Hbond substituents is 1. The fourth-order valence-electron chi connectivity index (χ4n) is 2.96. The van der Waals surface area contributed by atoms with Gasteiger partial charge in [-0.3, -0.25) is 4.79 Å². The molecule has 4 aromatic rings. The summed E-state index contributed by atoms with van der Waals surface area (Å²) in [6.45, 7) is 3.68. The predicted molar refractivity (Wildman–Crippen MR) is 111 cm³/mol. The van der Waals surface area contributed by atoms with Crippen molar-refractivity contribution >= 4 is 44.1 Å². The van der Waals surface area contributed by atoms with Crippen LogP contribution in [0.25, 0.3) is 21.9 Å². The molecule has 0 fully saturated rings. The Morgan fingerprint density at radius 3 is 3.00 bits per heavy atom. The molecule has 0 bridgehead atoms. The summed E-state index contributed by atoms with van der Waals surface area (Å²) in [4.78, 5) is 20.2. The second-order valence-electron chi connectivity index (χ2n) is 6.03. The van der Waals surface area contributed by atoms with Crippen molar-refractivity contribution in [1.82, 2.24) is 14.6 Å². The van der Waals surface area contributed by atoms with E-state index in [0.29, 0.717) is 23.0 Å². The van der Waals surface area contributed by atoms with Gasteiger partial charge < -0.3 is 10.1 Å². The number of hydrogen-bond acceptors (Lipinski definition) is 4. The van der Waals surface area contributed by atoms with Gasteiger partial charge in [0.15, 0.2) is 0 Å². The Morgan fingerprint density at radius 2 is 2.19 bits per heavy atom. The van der Waals surface area contributed by atoms with Crippen molar-refractivity contribution in [3.63, 3.8) is 0 Å². The van der Waals surface area contributed by atoms with Crippen LogP contribution in [0.4, 0.5) is 0 Å². The van der Waals surface area contributed by atoms with E-state index in [9.17, 15) is 9.90 Å². The molecule has 6 nitrogen and oxygen atoms in total. The highest BCUT2D eigenvalue weighted by Gasteiger charge is 2.11. The third-order valence-electron chi connectivity index (χ3n) is 4.29. The van der Waals surface area contributed by atoms with Crippen LogP contribution in [0, 0.1) is 0 Å². The van der Waals surface area contributed by atoms with Crippen LogP contribution in [0.1, 0.15) is 11.1 Å². The standard InChI is InChI=1S/C20H15BrN4O2/c1-2-4-12-5-3-6-13(19(12)26)10-23-25-11-22-17-15-9-14(21)7-8-16(15)24-18(17)20(25)27/h2-3,5-11,24,26H,1,4H2/b23-10-. The van der Waals surface area contributed by atoms with Gasteiger partial charge in [-0.25, -0.2) is 4.98 Å². The van der Waals surface area contributed by atoms with E-state index < -0.39 is 0 Å². The van der Waals surface area contributed by atoms with Gasteiger partial charge in [-0.2, -0.15) is 9.78 Å². The Balaban J connectivity index is 1.79. The van der Waals surface area contributed by atoms with Gasteiger partial charge in [0.2, 0.25) is 0 Å². The fraction of sp³-hybridized carbons (Fsp3) is 0.0500. The van der Waals surface area contributed by atoms with Gasteiger partial charge in [-0.1, -0.05) is 34.1 Å². The number of allylic oxidation sites excluding steroid dienone is 1. The van der Waals surface area contributed by atoms with Crippen LogP contribution in [-0.2, 0) is 6.42 Å². The van der Waals surface area contributed by atoms with Crippen LogP contribution in [-0.4, -0.2) is 26.0 Å². The molecule has 0 unspecified atom stereocenters. The third-order valence-corrected chi connectivity index (χ3v) is 4.78. The van der Waals surface area contributed by atoms with E-state index in [4.69, 9.17) is 0 Å². The third kappa shape index (κ3) is 3.06. The largest absolute Gasteiger partial charge is 0.507 e. The van der Waals surface area contributed by atoms with Crippen LogP contribution >= 0.6 is 15.9 Å². The molecule has 0 spiro atoms. The number of halogens is 1. The lowest BCUT2D eigenvalue weighted by Crippen LogP contribution is -2.17. The molecule has 0 radical (unpaired) electrons. The van der Waals surface area contributed by atoms with E-state index >= 15 is 0 Å². The number of phenols is 1. The number of benzene rings is 2.